The lowest BCUT2D eigenvalue weighted by Gasteiger charge is -2.02. The first-order valence-corrected chi connectivity index (χ1v) is 6.69. The van der Waals surface area contributed by atoms with Crippen molar-refractivity contribution in [1.82, 2.24) is 4.98 Å². The van der Waals surface area contributed by atoms with Crippen LogP contribution in [0.1, 0.15) is 5.56 Å². The monoisotopic (exact) mass is 347 g/mol. The first-order valence-electron chi connectivity index (χ1n) is 5.90. The van der Waals surface area contributed by atoms with Crippen molar-refractivity contribution in [2.75, 3.05) is 5.32 Å². The fourth-order valence-electron chi connectivity index (χ4n) is 1.52. The SMILES string of the molecule is O=C(C=Cc1ccc([N+](=O)[O-])cc1)Nc1ncccc1Br. The number of nitro benzene ring substituents is 1. The number of rotatable bonds is 4. The second-order valence-electron chi connectivity index (χ2n) is 4.01. The Balaban J connectivity index is 2.02. The fourth-order valence-corrected chi connectivity index (χ4v) is 1.87. The van der Waals surface area contributed by atoms with E-state index in [4.69, 9.17) is 0 Å². The highest BCUT2D eigenvalue weighted by Crippen LogP contribution is 2.18. The highest BCUT2D eigenvalue weighted by atomic mass is 79.9. The summed E-state index contributed by atoms with van der Waals surface area (Å²) in [5.41, 5.74) is 0.699. The van der Waals surface area contributed by atoms with Gasteiger partial charge in [0.1, 0.15) is 5.82 Å². The number of aromatic nitrogens is 1. The molecule has 106 valence electrons. The Labute approximate surface area is 128 Å². The lowest BCUT2D eigenvalue weighted by molar-refractivity contribution is -0.384. The first kappa shape index (κ1) is 14.9. The molecule has 0 aliphatic rings. The van der Waals surface area contributed by atoms with Crippen LogP contribution in [0.2, 0.25) is 0 Å². The van der Waals surface area contributed by atoms with Crippen LogP contribution in [0.15, 0.2) is 53.1 Å². The zero-order valence-corrected chi connectivity index (χ0v) is 12.3. The van der Waals surface area contributed by atoms with Crippen LogP contribution < -0.4 is 5.32 Å². The van der Waals surface area contributed by atoms with Crippen molar-refractivity contribution in [2.24, 2.45) is 0 Å². The molecule has 6 nitrogen and oxygen atoms in total. The first-order chi connectivity index (χ1) is 10.1. The second-order valence-corrected chi connectivity index (χ2v) is 4.86. The fraction of sp³-hybridized carbons (Fsp3) is 0. The molecule has 21 heavy (non-hydrogen) atoms. The molecule has 1 aromatic heterocycles. The summed E-state index contributed by atoms with van der Waals surface area (Å²) in [7, 11) is 0. The quantitative estimate of drug-likeness (QED) is 0.521. The summed E-state index contributed by atoms with van der Waals surface area (Å²) in [5, 5.41) is 13.1. The molecule has 0 atom stereocenters. The third-order valence-electron chi connectivity index (χ3n) is 2.53. The van der Waals surface area contributed by atoms with Crippen LogP contribution in [0.3, 0.4) is 0 Å². The molecule has 0 spiro atoms. The topological polar surface area (TPSA) is 85.1 Å². The number of nitrogens with zero attached hydrogens (tertiary/aromatic N) is 2. The molecule has 0 fully saturated rings. The number of benzene rings is 1. The van der Waals surface area contributed by atoms with Gasteiger partial charge < -0.3 is 5.32 Å². The normalized spacial score (nSPS) is 10.5. The number of pyridine rings is 1. The van der Waals surface area contributed by atoms with E-state index in [1.165, 1.54) is 18.2 Å². The number of amides is 1. The van der Waals surface area contributed by atoms with E-state index in [2.05, 4.69) is 26.2 Å². The van der Waals surface area contributed by atoms with Gasteiger partial charge in [-0.25, -0.2) is 4.98 Å². The minimum Gasteiger partial charge on any atom is -0.306 e. The van der Waals surface area contributed by atoms with E-state index in [0.717, 1.165) is 0 Å². The van der Waals surface area contributed by atoms with Crippen LogP contribution >= 0.6 is 15.9 Å². The van der Waals surface area contributed by atoms with E-state index in [0.29, 0.717) is 15.9 Å². The van der Waals surface area contributed by atoms with Gasteiger partial charge in [0, 0.05) is 24.4 Å². The Morgan fingerprint density at radius 2 is 2.00 bits per heavy atom. The molecule has 1 heterocycles. The van der Waals surface area contributed by atoms with Crippen molar-refractivity contribution in [1.29, 1.82) is 0 Å². The maximum Gasteiger partial charge on any atom is 0.269 e. The van der Waals surface area contributed by atoms with Gasteiger partial charge in [-0.1, -0.05) is 0 Å². The maximum atomic E-state index is 11.7. The van der Waals surface area contributed by atoms with Gasteiger partial charge >= 0.3 is 0 Å². The maximum absolute atomic E-state index is 11.7. The predicted molar refractivity (Wildman–Crippen MR) is 82.7 cm³/mol. The molecule has 2 rings (SSSR count). The summed E-state index contributed by atoms with van der Waals surface area (Å²) in [6.07, 6.45) is 4.47. The van der Waals surface area contributed by atoms with Crippen molar-refractivity contribution < 1.29 is 9.72 Å². The number of non-ortho nitro benzene ring substituents is 1. The molecule has 2 aromatic rings. The van der Waals surface area contributed by atoms with Crippen LogP contribution in [0.4, 0.5) is 11.5 Å². The molecule has 0 aliphatic carbocycles. The summed E-state index contributed by atoms with van der Waals surface area (Å²) in [6.45, 7) is 0. The molecule has 0 saturated carbocycles. The van der Waals surface area contributed by atoms with Gasteiger partial charge in [0.15, 0.2) is 0 Å². The summed E-state index contributed by atoms with van der Waals surface area (Å²) in [5.74, 6) is 0.0867. The Hall–Kier alpha value is -2.54. The molecule has 0 bridgehead atoms. The molecule has 1 amide bonds. The number of hydrogen-bond donors (Lipinski definition) is 1. The summed E-state index contributed by atoms with van der Waals surface area (Å²) in [4.78, 5) is 25.8. The van der Waals surface area contributed by atoms with Crippen LogP contribution in [0.25, 0.3) is 6.08 Å². The molecule has 0 saturated heterocycles. The number of carbonyl (C=O) groups is 1. The lowest BCUT2D eigenvalue weighted by atomic mass is 10.2. The third-order valence-corrected chi connectivity index (χ3v) is 3.17. The summed E-state index contributed by atoms with van der Waals surface area (Å²) >= 11 is 3.28. The van der Waals surface area contributed by atoms with Crippen molar-refractivity contribution >= 4 is 39.4 Å². The number of carbonyl (C=O) groups excluding carboxylic acids is 1. The average Bonchev–Trinajstić information content (AvgIpc) is 2.48. The molecular formula is C14H10BrN3O3. The van der Waals surface area contributed by atoms with Crippen LogP contribution in [0, 0.1) is 10.1 Å². The zero-order chi connectivity index (χ0) is 15.2. The second kappa shape index (κ2) is 6.76. The number of hydrogen-bond acceptors (Lipinski definition) is 4. The number of anilines is 1. The Morgan fingerprint density at radius 1 is 1.29 bits per heavy atom. The summed E-state index contributed by atoms with van der Waals surface area (Å²) < 4.78 is 0.682. The van der Waals surface area contributed by atoms with Crippen molar-refractivity contribution in [3.63, 3.8) is 0 Å². The van der Waals surface area contributed by atoms with Crippen molar-refractivity contribution in [3.8, 4) is 0 Å². The predicted octanol–water partition coefficient (Wildman–Crippen LogP) is 3.40. The molecular weight excluding hydrogens is 338 g/mol. The van der Waals surface area contributed by atoms with Crippen LogP contribution in [-0.2, 0) is 4.79 Å². The number of halogens is 1. The zero-order valence-electron chi connectivity index (χ0n) is 10.7. The van der Waals surface area contributed by atoms with Gasteiger partial charge in [0.2, 0.25) is 5.91 Å². The molecule has 7 heteroatoms. The van der Waals surface area contributed by atoms with E-state index < -0.39 is 4.92 Å². The summed E-state index contributed by atoms with van der Waals surface area (Å²) in [6, 6.07) is 9.41. The Morgan fingerprint density at radius 3 is 2.62 bits per heavy atom. The molecule has 1 N–H and O–H groups in total. The Kier molecular flexibility index (Phi) is 4.78. The van der Waals surface area contributed by atoms with Gasteiger partial charge in [-0.05, 0) is 51.8 Å². The van der Waals surface area contributed by atoms with E-state index in [-0.39, 0.29) is 11.6 Å². The van der Waals surface area contributed by atoms with Crippen molar-refractivity contribution in [2.45, 2.75) is 0 Å². The molecule has 1 aromatic carbocycles. The third kappa shape index (κ3) is 4.22. The highest BCUT2D eigenvalue weighted by molar-refractivity contribution is 9.10. The van der Waals surface area contributed by atoms with E-state index in [1.54, 1.807) is 36.5 Å². The minimum absolute atomic E-state index is 0.00835. The average molecular weight is 348 g/mol. The van der Waals surface area contributed by atoms with Gasteiger partial charge in [-0.3, -0.25) is 14.9 Å². The van der Waals surface area contributed by atoms with Gasteiger partial charge in [-0.2, -0.15) is 0 Å². The van der Waals surface area contributed by atoms with Crippen LogP contribution in [-0.4, -0.2) is 15.8 Å². The standard InChI is InChI=1S/C14H10BrN3O3/c15-12-2-1-9-16-14(12)17-13(19)8-5-10-3-6-11(7-4-10)18(20)21/h1-9H,(H,16,17,19). The molecule has 0 aliphatic heterocycles. The smallest absolute Gasteiger partial charge is 0.269 e. The van der Waals surface area contributed by atoms with Crippen molar-refractivity contribution in [3.05, 3.63) is 68.8 Å². The van der Waals surface area contributed by atoms with E-state index in [1.807, 2.05) is 0 Å². The Bertz CT molecular complexity index is 699. The van der Waals surface area contributed by atoms with Gasteiger partial charge in [0.25, 0.3) is 5.69 Å². The molecule has 0 radical (unpaired) electrons. The minimum atomic E-state index is -0.473. The highest BCUT2D eigenvalue weighted by Gasteiger charge is 2.04. The van der Waals surface area contributed by atoms with Crippen LogP contribution in [0.5, 0.6) is 0 Å². The van der Waals surface area contributed by atoms with Gasteiger partial charge in [0.05, 0.1) is 9.40 Å². The molecule has 0 unspecified atom stereocenters. The van der Waals surface area contributed by atoms with Gasteiger partial charge in [-0.15, -0.1) is 0 Å². The largest absolute Gasteiger partial charge is 0.306 e. The lowest BCUT2D eigenvalue weighted by Crippen LogP contribution is -2.09. The number of nitro groups is 1. The van der Waals surface area contributed by atoms with E-state index in [9.17, 15) is 14.9 Å². The number of nitrogens with one attached hydrogen (secondary N) is 1. The van der Waals surface area contributed by atoms with E-state index >= 15 is 0 Å².